The summed E-state index contributed by atoms with van der Waals surface area (Å²) < 4.78 is 42.4. The van der Waals surface area contributed by atoms with Crippen LogP contribution in [-0.4, -0.2) is 116 Å². The molecule has 2 amide bonds. The molecular formula is C27H32BrN5O7S. The summed E-state index contributed by atoms with van der Waals surface area (Å²) in [6.45, 7) is 4.53. The van der Waals surface area contributed by atoms with Gasteiger partial charge in [-0.15, -0.1) is 5.10 Å². The highest BCUT2D eigenvalue weighted by atomic mass is 79.9. The molecule has 0 saturated carbocycles. The molecule has 3 aromatic rings. The number of ether oxygens (including phenoxy) is 3. The number of carbonyl (C=O) groups is 2. The van der Waals surface area contributed by atoms with Crippen molar-refractivity contribution in [2.24, 2.45) is 0 Å². The molecule has 0 aliphatic carbocycles. The van der Waals surface area contributed by atoms with Gasteiger partial charge < -0.3 is 14.2 Å². The maximum absolute atomic E-state index is 13.0. The Morgan fingerprint density at radius 3 is 2.17 bits per heavy atom. The molecule has 0 spiro atoms. The minimum absolute atomic E-state index is 0.163. The highest BCUT2D eigenvalue weighted by Gasteiger charge is 2.32. The summed E-state index contributed by atoms with van der Waals surface area (Å²) in [6.07, 6.45) is 1.85. The Bertz CT molecular complexity index is 1480. The average Bonchev–Trinajstić information content (AvgIpc) is 3.41. The summed E-state index contributed by atoms with van der Waals surface area (Å²) >= 11 is 3.49. The topological polar surface area (TPSA) is 133 Å². The maximum atomic E-state index is 13.0. The Kier molecular flexibility index (Phi) is 9.78. The van der Waals surface area contributed by atoms with E-state index >= 15 is 0 Å². The fourth-order valence-electron chi connectivity index (χ4n) is 4.83. The first-order valence-corrected chi connectivity index (χ1v) is 16.1. The molecule has 1 fully saturated rings. The molecule has 0 bridgehead atoms. The number of nitrogens with zero attached hydrogens (tertiary/aromatic N) is 5. The third-order valence-electron chi connectivity index (χ3n) is 7.02. The molecule has 12 nitrogen and oxygen atoms in total. The molecule has 14 heteroatoms. The van der Waals surface area contributed by atoms with Gasteiger partial charge in [0.05, 0.1) is 69.9 Å². The van der Waals surface area contributed by atoms with Crippen molar-refractivity contribution in [3.8, 4) is 0 Å². The molecular weight excluding hydrogens is 618 g/mol. The first kappa shape index (κ1) is 29.7. The Morgan fingerprint density at radius 1 is 0.829 bits per heavy atom. The highest BCUT2D eigenvalue weighted by molar-refractivity contribution is 9.10. The van der Waals surface area contributed by atoms with Gasteiger partial charge in [-0.1, -0.05) is 33.3 Å². The largest absolute Gasteiger partial charge is 0.377 e. The van der Waals surface area contributed by atoms with Gasteiger partial charge in [0.15, 0.2) is 9.84 Å². The van der Waals surface area contributed by atoms with Crippen molar-refractivity contribution in [1.29, 1.82) is 0 Å². The number of aromatic nitrogens is 3. The van der Waals surface area contributed by atoms with Crippen molar-refractivity contribution in [2.45, 2.75) is 13.1 Å². The van der Waals surface area contributed by atoms with Crippen LogP contribution in [0.3, 0.4) is 0 Å². The lowest BCUT2D eigenvalue weighted by molar-refractivity contribution is 0.00920. The second-order valence-corrected chi connectivity index (χ2v) is 13.0. The normalized spacial score (nSPS) is 17.0. The van der Waals surface area contributed by atoms with E-state index in [-0.39, 0.29) is 36.5 Å². The van der Waals surface area contributed by atoms with Crippen LogP contribution in [0.4, 0.5) is 0 Å². The van der Waals surface area contributed by atoms with Gasteiger partial charge in [0, 0.05) is 46.8 Å². The van der Waals surface area contributed by atoms with Crippen LogP contribution in [0.2, 0.25) is 0 Å². The predicted octanol–water partition coefficient (Wildman–Crippen LogP) is 1.77. The van der Waals surface area contributed by atoms with Crippen molar-refractivity contribution < 1.29 is 32.2 Å². The fourth-order valence-corrected chi connectivity index (χ4v) is 6.57. The summed E-state index contributed by atoms with van der Waals surface area (Å²) in [5, 5.41) is 9.79. The molecule has 220 valence electrons. The van der Waals surface area contributed by atoms with Crippen molar-refractivity contribution in [3.63, 3.8) is 0 Å². The van der Waals surface area contributed by atoms with E-state index in [2.05, 4.69) is 31.1 Å². The summed E-state index contributed by atoms with van der Waals surface area (Å²) in [6, 6.07) is 9.02. The van der Waals surface area contributed by atoms with Gasteiger partial charge in [0.2, 0.25) is 0 Å². The summed E-state index contributed by atoms with van der Waals surface area (Å²) in [5.41, 5.74) is 1.84. The standard InChI is InChI=1S/C27H32BrN5O7S/c28-24-5-4-23-25-21(24)2-1-3-22(25)26(34)33(27(23)35)7-11-39-13-15-40-14-12-38-10-6-32-19-20(29-30-32)18-31-8-16-41(36,37)17-9-31/h1-5,19H,6-18H2. The molecule has 1 saturated heterocycles. The Balaban J connectivity index is 0.918. The zero-order chi connectivity index (χ0) is 28.8. The van der Waals surface area contributed by atoms with Crippen molar-refractivity contribution in [3.05, 3.63) is 57.8 Å². The van der Waals surface area contributed by atoms with Crippen LogP contribution < -0.4 is 0 Å². The molecule has 2 aliphatic heterocycles. The molecule has 0 radical (unpaired) electrons. The van der Waals surface area contributed by atoms with Gasteiger partial charge in [-0.05, 0) is 23.6 Å². The fraction of sp³-hybridized carbons (Fsp3) is 0.481. The lowest BCUT2D eigenvalue weighted by Crippen LogP contribution is -2.42. The van der Waals surface area contributed by atoms with E-state index in [0.29, 0.717) is 75.7 Å². The van der Waals surface area contributed by atoms with E-state index < -0.39 is 9.84 Å². The predicted molar refractivity (Wildman–Crippen MR) is 153 cm³/mol. The molecule has 0 N–H and O–H groups in total. The Morgan fingerprint density at radius 2 is 1.46 bits per heavy atom. The van der Waals surface area contributed by atoms with Gasteiger partial charge in [-0.3, -0.25) is 19.4 Å². The quantitative estimate of drug-likeness (QED) is 0.188. The van der Waals surface area contributed by atoms with Gasteiger partial charge in [-0.25, -0.2) is 13.1 Å². The third kappa shape index (κ3) is 7.37. The number of amides is 2. The third-order valence-corrected chi connectivity index (χ3v) is 9.32. The molecule has 1 aromatic heterocycles. The van der Waals surface area contributed by atoms with Crippen LogP contribution in [0.1, 0.15) is 26.4 Å². The lowest BCUT2D eigenvalue weighted by Gasteiger charge is -2.27. The van der Waals surface area contributed by atoms with Crippen LogP contribution in [-0.2, 0) is 37.1 Å². The summed E-state index contributed by atoms with van der Waals surface area (Å²) in [5.74, 6) is -0.250. The molecule has 5 rings (SSSR count). The zero-order valence-corrected chi connectivity index (χ0v) is 24.9. The molecule has 0 atom stereocenters. The SMILES string of the molecule is O=C1c2cccc3c(Br)ccc(c23)C(=O)N1CCOCCOCCOCCn1cc(CN2CCS(=O)(=O)CC2)nn1. The van der Waals surface area contributed by atoms with E-state index in [9.17, 15) is 18.0 Å². The van der Waals surface area contributed by atoms with Crippen molar-refractivity contribution in [1.82, 2.24) is 24.8 Å². The van der Waals surface area contributed by atoms with E-state index in [4.69, 9.17) is 14.2 Å². The van der Waals surface area contributed by atoms with Crippen LogP contribution in [0.25, 0.3) is 10.8 Å². The second kappa shape index (κ2) is 13.5. The van der Waals surface area contributed by atoms with E-state index in [1.165, 1.54) is 4.90 Å². The monoisotopic (exact) mass is 649 g/mol. The average molecular weight is 651 g/mol. The number of benzene rings is 2. The number of halogens is 1. The van der Waals surface area contributed by atoms with E-state index in [1.807, 2.05) is 24.4 Å². The van der Waals surface area contributed by atoms with Crippen LogP contribution >= 0.6 is 15.9 Å². The van der Waals surface area contributed by atoms with Crippen molar-refractivity contribution in [2.75, 3.05) is 70.8 Å². The molecule has 0 unspecified atom stereocenters. The Labute approximate surface area is 246 Å². The minimum Gasteiger partial charge on any atom is -0.377 e. The first-order chi connectivity index (χ1) is 19.8. The van der Waals surface area contributed by atoms with Gasteiger partial charge in [0.1, 0.15) is 0 Å². The van der Waals surface area contributed by atoms with Crippen molar-refractivity contribution >= 4 is 48.4 Å². The summed E-state index contributed by atoms with van der Waals surface area (Å²) in [7, 11) is -2.90. The number of rotatable bonds is 14. The second-order valence-electron chi connectivity index (χ2n) is 9.82. The highest BCUT2D eigenvalue weighted by Crippen LogP contribution is 2.34. The van der Waals surface area contributed by atoms with Gasteiger partial charge >= 0.3 is 0 Å². The van der Waals surface area contributed by atoms with E-state index in [1.54, 1.807) is 16.8 Å². The number of imide groups is 1. The lowest BCUT2D eigenvalue weighted by atomic mass is 9.94. The zero-order valence-electron chi connectivity index (χ0n) is 22.5. The maximum Gasteiger partial charge on any atom is 0.261 e. The number of hydrogen-bond donors (Lipinski definition) is 0. The molecule has 3 heterocycles. The smallest absolute Gasteiger partial charge is 0.261 e. The number of sulfone groups is 1. The number of hydrogen-bond acceptors (Lipinski definition) is 10. The summed E-state index contributed by atoms with van der Waals surface area (Å²) in [4.78, 5) is 29.3. The van der Waals surface area contributed by atoms with Gasteiger partial charge in [-0.2, -0.15) is 0 Å². The van der Waals surface area contributed by atoms with E-state index in [0.717, 1.165) is 15.6 Å². The number of carbonyl (C=O) groups excluding carboxylic acids is 2. The molecule has 41 heavy (non-hydrogen) atoms. The van der Waals surface area contributed by atoms with Crippen LogP contribution in [0.5, 0.6) is 0 Å². The first-order valence-electron chi connectivity index (χ1n) is 13.4. The Hall–Kier alpha value is -2.75. The molecule has 2 aliphatic rings. The van der Waals surface area contributed by atoms with Crippen LogP contribution in [0, 0.1) is 0 Å². The van der Waals surface area contributed by atoms with Gasteiger partial charge in [0.25, 0.3) is 11.8 Å². The van der Waals surface area contributed by atoms with Crippen LogP contribution in [0.15, 0.2) is 41.0 Å². The minimum atomic E-state index is -2.90. The molecule has 2 aromatic carbocycles.